The molecule has 17 heavy (non-hydrogen) atoms. The Morgan fingerprint density at radius 1 is 1.35 bits per heavy atom. The van der Waals surface area contributed by atoms with Gasteiger partial charge in [0.1, 0.15) is 17.7 Å². The van der Waals surface area contributed by atoms with Crippen molar-refractivity contribution in [2.24, 2.45) is 0 Å². The Balaban J connectivity index is 2.40. The van der Waals surface area contributed by atoms with Gasteiger partial charge in [-0.25, -0.2) is 4.39 Å². The number of aliphatic hydroxyl groups excluding tert-OH is 1. The zero-order valence-electron chi connectivity index (χ0n) is 9.30. The van der Waals surface area contributed by atoms with Gasteiger partial charge in [0.25, 0.3) is 0 Å². The highest BCUT2D eigenvalue weighted by molar-refractivity contribution is 5.35. The third-order valence-corrected chi connectivity index (χ3v) is 2.50. The summed E-state index contributed by atoms with van der Waals surface area (Å²) in [6.07, 6.45) is 2.06. The van der Waals surface area contributed by atoms with E-state index in [2.05, 4.69) is 4.98 Å². The number of halogens is 1. The molecule has 1 N–H and O–H groups in total. The van der Waals surface area contributed by atoms with Crippen LogP contribution in [0.2, 0.25) is 0 Å². The van der Waals surface area contributed by atoms with Crippen molar-refractivity contribution >= 4 is 0 Å². The second-order valence-electron chi connectivity index (χ2n) is 3.58. The van der Waals surface area contributed by atoms with Crippen molar-refractivity contribution in [3.05, 3.63) is 59.7 Å². The minimum atomic E-state index is -1.04. The molecule has 2 aromatic rings. The van der Waals surface area contributed by atoms with E-state index in [0.29, 0.717) is 11.3 Å². The molecule has 1 atom stereocenters. The molecule has 0 saturated heterocycles. The molecule has 0 fully saturated rings. The van der Waals surface area contributed by atoms with Crippen LogP contribution in [-0.2, 0) is 0 Å². The van der Waals surface area contributed by atoms with Gasteiger partial charge in [0, 0.05) is 23.5 Å². The number of benzene rings is 1. The normalized spacial score (nSPS) is 12.2. The van der Waals surface area contributed by atoms with Gasteiger partial charge in [0.15, 0.2) is 0 Å². The summed E-state index contributed by atoms with van der Waals surface area (Å²) in [5.41, 5.74) is 0.719. The molecule has 3 nitrogen and oxygen atoms in total. The van der Waals surface area contributed by atoms with Crippen molar-refractivity contribution in [2.75, 3.05) is 7.11 Å². The summed E-state index contributed by atoms with van der Waals surface area (Å²) in [7, 11) is 1.49. The second-order valence-corrected chi connectivity index (χ2v) is 3.58. The molecule has 4 heteroatoms. The number of aliphatic hydroxyl groups is 1. The Hall–Kier alpha value is -1.94. The van der Waals surface area contributed by atoms with Crippen molar-refractivity contribution < 1.29 is 14.2 Å². The van der Waals surface area contributed by atoms with Gasteiger partial charge in [-0.05, 0) is 24.3 Å². The first kappa shape index (κ1) is 11.5. The summed E-state index contributed by atoms with van der Waals surface area (Å²) in [5.74, 6) is 0.0338. The monoisotopic (exact) mass is 233 g/mol. The molecule has 2 rings (SSSR count). The fraction of sp³-hybridized carbons (Fsp3) is 0.154. The van der Waals surface area contributed by atoms with Crippen LogP contribution >= 0.6 is 0 Å². The van der Waals surface area contributed by atoms with Gasteiger partial charge in [-0.1, -0.05) is 6.07 Å². The van der Waals surface area contributed by atoms with E-state index in [0.717, 1.165) is 0 Å². The molecule has 0 aliphatic carbocycles. The number of hydrogen-bond acceptors (Lipinski definition) is 3. The fourth-order valence-corrected chi connectivity index (χ4v) is 1.58. The van der Waals surface area contributed by atoms with Crippen molar-refractivity contribution in [3.63, 3.8) is 0 Å². The van der Waals surface area contributed by atoms with Crippen LogP contribution < -0.4 is 4.74 Å². The van der Waals surface area contributed by atoms with E-state index < -0.39 is 11.9 Å². The van der Waals surface area contributed by atoms with E-state index in [-0.39, 0.29) is 5.56 Å². The number of aromatic nitrogens is 1. The third-order valence-electron chi connectivity index (χ3n) is 2.50. The molecular formula is C13H12FNO2. The van der Waals surface area contributed by atoms with E-state index in [1.54, 1.807) is 18.3 Å². The first-order valence-electron chi connectivity index (χ1n) is 5.14. The number of nitrogens with zero attached hydrogens (tertiary/aromatic N) is 1. The average molecular weight is 233 g/mol. The number of ether oxygens (including phenoxy) is 1. The molecule has 0 aliphatic rings. The molecule has 88 valence electrons. The largest absolute Gasteiger partial charge is 0.497 e. The van der Waals surface area contributed by atoms with Crippen molar-refractivity contribution in [1.29, 1.82) is 0 Å². The maximum Gasteiger partial charge on any atom is 0.129 e. The van der Waals surface area contributed by atoms with Gasteiger partial charge in [-0.15, -0.1) is 0 Å². The zero-order valence-corrected chi connectivity index (χ0v) is 9.30. The van der Waals surface area contributed by atoms with Crippen molar-refractivity contribution in [2.45, 2.75) is 6.10 Å². The molecule has 0 amide bonds. The Morgan fingerprint density at radius 2 is 2.18 bits per heavy atom. The number of hydrogen-bond donors (Lipinski definition) is 1. The lowest BCUT2D eigenvalue weighted by Gasteiger charge is -2.13. The molecule has 0 radical (unpaired) electrons. The minimum absolute atomic E-state index is 0.178. The highest BCUT2D eigenvalue weighted by Gasteiger charge is 2.15. The maximum atomic E-state index is 13.6. The zero-order chi connectivity index (χ0) is 12.3. The lowest BCUT2D eigenvalue weighted by atomic mass is 10.0. The first-order valence-corrected chi connectivity index (χ1v) is 5.14. The van der Waals surface area contributed by atoms with Crippen LogP contribution in [0.25, 0.3) is 0 Å². The minimum Gasteiger partial charge on any atom is -0.497 e. The molecule has 1 heterocycles. The summed E-state index contributed by atoms with van der Waals surface area (Å²) in [6.45, 7) is 0. The lowest BCUT2D eigenvalue weighted by Crippen LogP contribution is -2.03. The molecule has 1 aromatic heterocycles. The number of rotatable bonds is 3. The van der Waals surface area contributed by atoms with Gasteiger partial charge in [0.2, 0.25) is 0 Å². The molecular weight excluding hydrogens is 221 g/mol. The number of methoxy groups -OCH3 is 1. The Kier molecular flexibility index (Phi) is 3.35. The van der Waals surface area contributed by atoms with Crippen LogP contribution in [-0.4, -0.2) is 17.2 Å². The average Bonchev–Trinajstić information content (AvgIpc) is 2.39. The van der Waals surface area contributed by atoms with Crippen LogP contribution in [0.5, 0.6) is 5.75 Å². The van der Waals surface area contributed by atoms with Crippen LogP contribution in [0.1, 0.15) is 17.2 Å². The molecule has 0 bridgehead atoms. The molecule has 1 unspecified atom stereocenters. The van der Waals surface area contributed by atoms with E-state index in [9.17, 15) is 9.50 Å². The Bertz CT molecular complexity index is 502. The van der Waals surface area contributed by atoms with Gasteiger partial charge in [-0.3, -0.25) is 4.98 Å². The smallest absolute Gasteiger partial charge is 0.129 e. The lowest BCUT2D eigenvalue weighted by molar-refractivity contribution is 0.214. The van der Waals surface area contributed by atoms with E-state index >= 15 is 0 Å². The summed E-state index contributed by atoms with van der Waals surface area (Å²) in [4.78, 5) is 3.89. The van der Waals surface area contributed by atoms with Gasteiger partial charge < -0.3 is 9.84 Å². The summed E-state index contributed by atoms with van der Waals surface area (Å²) >= 11 is 0. The van der Waals surface area contributed by atoms with Crippen molar-refractivity contribution in [3.8, 4) is 5.75 Å². The third kappa shape index (κ3) is 2.42. The van der Waals surface area contributed by atoms with Crippen LogP contribution in [0.15, 0.2) is 42.7 Å². The van der Waals surface area contributed by atoms with E-state index in [1.165, 1.54) is 31.5 Å². The van der Waals surface area contributed by atoms with Gasteiger partial charge in [-0.2, -0.15) is 0 Å². The quantitative estimate of drug-likeness (QED) is 0.884. The molecule has 1 aromatic carbocycles. The number of pyridine rings is 1. The first-order chi connectivity index (χ1) is 8.22. The highest BCUT2D eigenvalue weighted by Crippen LogP contribution is 2.26. The van der Waals surface area contributed by atoms with Crippen molar-refractivity contribution in [1.82, 2.24) is 4.98 Å². The molecule has 0 saturated carbocycles. The second kappa shape index (κ2) is 4.93. The standard InChI is InChI=1S/C13H12FNO2/c1-17-10-4-5-12(14)11(7-10)13(16)9-3-2-6-15-8-9/h2-8,13,16H,1H3. The van der Waals surface area contributed by atoms with Crippen LogP contribution in [0.4, 0.5) is 4.39 Å². The summed E-state index contributed by atoms with van der Waals surface area (Å²) in [5, 5.41) is 10.1. The van der Waals surface area contributed by atoms with Gasteiger partial charge in [0.05, 0.1) is 7.11 Å². The van der Waals surface area contributed by atoms with Crippen LogP contribution in [0, 0.1) is 5.82 Å². The predicted octanol–water partition coefficient (Wildman–Crippen LogP) is 2.31. The fourth-order valence-electron chi connectivity index (χ4n) is 1.58. The highest BCUT2D eigenvalue weighted by atomic mass is 19.1. The topological polar surface area (TPSA) is 42.4 Å². The Morgan fingerprint density at radius 3 is 2.82 bits per heavy atom. The maximum absolute atomic E-state index is 13.6. The van der Waals surface area contributed by atoms with Gasteiger partial charge >= 0.3 is 0 Å². The van der Waals surface area contributed by atoms with E-state index in [1.807, 2.05) is 0 Å². The SMILES string of the molecule is COc1ccc(F)c(C(O)c2cccnc2)c1. The summed E-state index contributed by atoms with van der Waals surface area (Å²) in [6, 6.07) is 7.64. The van der Waals surface area contributed by atoms with Crippen LogP contribution in [0.3, 0.4) is 0 Å². The summed E-state index contributed by atoms with van der Waals surface area (Å²) < 4.78 is 18.6. The predicted molar refractivity (Wildman–Crippen MR) is 61.3 cm³/mol. The molecule has 0 aliphatic heterocycles. The molecule has 0 spiro atoms. The van der Waals surface area contributed by atoms with E-state index in [4.69, 9.17) is 4.74 Å². The Labute approximate surface area is 98.5 Å².